The molecule has 0 unspecified atom stereocenters. The first-order chi connectivity index (χ1) is 8.15. The van der Waals surface area contributed by atoms with Crippen molar-refractivity contribution in [3.8, 4) is 0 Å². The Hall–Kier alpha value is -1.61. The van der Waals surface area contributed by atoms with E-state index in [0.717, 1.165) is 17.2 Å². The van der Waals surface area contributed by atoms with Crippen molar-refractivity contribution in [1.82, 2.24) is 4.98 Å². The number of aromatic nitrogens is 1. The molecule has 0 N–H and O–H groups in total. The first kappa shape index (κ1) is 11.9. The number of aryl methyl sites for hydroxylation is 1. The van der Waals surface area contributed by atoms with Crippen molar-refractivity contribution in [2.45, 2.75) is 13.3 Å². The minimum atomic E-state index is -0.478. The monoisotopic (exact) mass is 249 g/mol. The summed E-state index contributed by atoms with van der Waals surface area (Å²) in [5.41, 5.74) is 1.42. The van der Waals surface area contributed by atoms with Gasteiger partial charge in [0.2, 0.25) is 0 Å². The highest BCUT2D eigenvalue weighted by Gasteiger charge is 2.11. The lowest BCUT2D eigenvalue weighted by atomic mass is 10.1. The average molecular weight is 250 g/mol. The van der Waals surface area contributed by atoms with E-state index in [0.29, 0.717) is 5.15 Å². The molecule has 0 aliphatic carbocycles. The third-order valence-corrected chi connectivity index (χ3v) is 2.94. The second-order valence-corrected chi connectivity index (χ2v) is 4.06. The van der Waals surface area contributed by atoms with Crippen molar-refractivity contribution in [2.75, 3.05) is 7.11 Å². The number of rotatable bonds is 2. The molecule has 0 bridgehead atoms. The molecule has 0 fully saturated rings. The fourth-order valence-corrected chi connectivity index (χ4v) is 1.94. The van der Waals surface area contributed by atoms with E-state index >= 15 is 0 Å². The summed E-state index contributed by atoms with van der Waals surface area (Å²) in [4.78, 5) is 15.4. The number of ether oxygens (including phenoxy) is 1. The lowest BCUT2D eigenvalue weighted by Gasteiger charge is -2.05. The Bertz CT molecular complexity index is 581. The third-order valence-electron chi connectivity index (χ3n) is 2.65. The van der Waals surface area contributed by atoms with Crippen molar-refractivity contribution in [3.63, 3.8) is 0 Å². The van der Waals surface area contributed by atoms with Crippen LogP contribution in [-0.4, -0.2) is 18.1 Å². The molecule has 17 heavy (non-hydrogen) atoms. The zero-order valence-electron chi connectivity index (χ0n) is 9.66. The zero-order chi connectivity index (χ0) is 12.4. The van der Waals surface area contributed by atoms with Crippen LogP contribution >= 0.6 is 11.6 Å². The Morgan fingerprint density at radius 1 is 1.41 bits per heavy atom. The van der Waals surface area contributed by atoms with Crippen molar-refractivity contribution < 1.29 is 9.53 Å². The molecule has 1 heterocycles. The SMILES string of the molecule is CCc1ccc2cc(C(=O)OC)nc(Cl)c2c1. The van der Waals surface area contributed by atoms with Gasteiger partial charge >= 0.3 is 5.97 Å². The van der Waals surface area contributed by atoms with E-state index < -0.39 is 5.97 Å². The molecule has 3 nitrogen and oxygen atoms in total. The van der Waals surface area contributed by atoms with Crippen LogP contribution in [0.15, 0.2) is 24.3 Å². The van der Waals surface area contributed by atoms with E-state index in [9.17, 15) is 4.79 Å². The maximum atomic E-state index is 11.4. The number of fused-ring (bicyclic) bond motifs is 1. The minimum absolute atomic E-state index is 0.231. The molecular formula is C13H12ClNO2. The number of nitrogens with zero attached hydrogens (tertiary/aromatic N) is 1. The topological polar surface area (TPSA) is 39.2 Å². The van der Waals surface area contributed by atoms with E-state index in [-0.39, 0.29) is 5.69 Å². The Balaban J connectivity index is 2.63. The molecule has 0 saturated heterocycles. The number of esters is 1. The van der Waals surface area contributed by atoms with Gasteiger partial charge in [0.15, 0.2) is 5.69 Å². The highest BCUT2D eigenvalue weighted by molar-refractivity contribution is 6.34. The second kappa shape index (κ2) is 4.72. The third kappa shape index (κ3) is 2.24. The Kier molecular flexibility index (Phi) is 3.29. The van der Waals surface area contributed by atoms with Gasteiger partial charge in [-0.05, 0) is 29.5 Å². The number of hydrogen-bond acceptors (Lipinski definition) is 3. The predicted octanol–water partition coefficient (Wildman–Crippen LogP) is 3.24. The highest BCUT2D eigenvalue weighted by Crippen LogP contribution is 2.24. The van der Waals surface area contributed by atoms with Crippen molar-refractivity contribution in [2.24, 2.45) is 0 Å². The van der Waals surface area contributed by atoms with Gasteiger partial charge in [0.1, 0.15) is 5.15 Å². The number of benzene rings is 1. The van der Waals surface area contributed by atoms with E-state index in [1.807, 2.05) is 18.2 Å². The largest absolute Gasteiger partial charge is 0.464 e. The summed E-state index contributed by atoms with van der Waals surface area (Å²) in [6.07, 6.45) is 0.936. The van der Waals surface area contributed by atoms with Crippen LogP contribution in [-0.2, 0) is 11.2 Å². The molecule has 2 rings (SSSR count). The Labute approximate surface area is 104 Å². The number of carbonyl (C=O) groups is 1. The first-order valence-electron chi connectivity index (χ1n) is 5.33. The lowest BCUT2D eigenvalue weighted by Crippen LogP contribution is -2.04. The number of hydrogen-bond donors (Lipinski definition) is 0. The summed E-state index contributed by atoms with van der Waals surface area (Å²) < 4.78 is 4.62. The fourth-order valence-electron chi connectivity index (χ4n) is 1.68. The van der Waals surface area contributed by atoms with Gasteiger partial charge in [0, 0.05) is 5.39 Å². The number of halogens is 1. The van der Waals surface area contributed by atoms with Gasteiger partial charge in [-0.25, -0.2) is 9.78 Å². The summed E-state index contributed by atoms with van der Waals surface area (Å²) in [5, 5.41) is 2.08. The molecule has 0 saturated carbocycles. The maximum absolute atomic E-state index is 11.4. The van der Waals surface area contributed by atoms with E-state index in [1.165, 1.54) is 12.7 Å². The molecular weight excluding hydrogens is 238 g/mol. The van der Waals surface area contributed by atoms with Crippen LogP contribution in [0.5, 0.6) is 0 Å². The summed E-state index contributed by atoms with van der Waals surface area (Å²) in [5.74, 6) is -0.478. The molecule has 0 radical (unpaired) electrons. The van der Waals surface area contributed by atoms with E-state index in [2.05, 4.69) is 16.6 Å². The van der Waals surface area contributed by atoms with Gasteiger partial charge in [-0.1, -0.05) is 30.7 Å². The average Bonchev–Trinajstić information content (AvgIpc) is 2.37. The molecule has 0 spiro atoms. The summed E-state index contributed by atoms with van der Waals surface area (Å²) in [7, 11) is 1.32. The molecule has 88 valence electrons. The predicted molar refractivity (Wildman–Crippen MR) is 67.5 cm³/mol. The van der Waals surface area contributed by atoms with Gasteiger partial charge in [0.25, 0.3) is 0 Å². The smallest absolute Gasteiger partial charge is 0.356 e. The van der Waals surface area contributed by atoms with Crippen molar-refractivity contribution in [3.05, 3.63) is 40.7 Å². The highest BCUT2D eigenvalue weighted by atomic mass is 35.5. The van der Waals surface area contributed by atoms with Crippen LogP contribution in [0.25, 0.3) is 10.8 Å². The van der Waals surface area contributed by atoms with Crippen molar-refractivity contribution in [1.29, 1.82) is 0 Å². The first-order valence-corrected chi connectivity index (χ1v) is 5.71. The molecule has 0 aliphatic heterocycles. The summed E-state index contributed by atoms with van der Waals surface area (Å²) in [6, 6.07) is 7.63. The van der Waals surface area contributed by atoms with Gasteiger partial charge in [-0.2, -0.15) is 0 Å². The minimum Gasteiger partial charge on any atom is -0.464 e. The van der Waals surface area contributed by atoms with Crippen LogP contribution in [0.1, 0.15) is 23.0 Å². The molecule has 0 aliphatic rings. The van der Waals surface area contributed by atoms with E-state index in [1.54, 1.807) is 6.07 Å². The van der Waals surface area contributed by atoms with Crippen LogP contribution < -0.4 is 0 Å². The van der Waals surface area contributed by atoms with E-state index in [4.69, 9.17) is 11.6 Å². The Morgan fingerprint density at radius 3 is 2.82 bits per heavy atom. The molecule has 1 aromatic carbocycles. The van der Waals surface area contributed by atoms with Crippen LogP contribution in [0, 0.1) is 0 Å². The normalized spacial score (nSPS) is 10.5. The number of methoxy groups -OCH3 is 1. The summed E-state index contributed by atoms with van der Waals surface area (Å²) >= 11 is 6.07. The molecule has 1 aromatic heterocycles. The molecule has 4 heteroatoms. The number of carbonyl (C=O) groups excluding carboxylic acids is 1. The van der Waals surface area contributed by atoms with Crippen LogP contribution in [0.2, 0.25) is 5.15 Å². The van der Waals surface area contributed by atoms with Crippen LogP contribution in [0.4, 0.5) is 0 Å². The van der Waals surface area contributed by atoms with Gasteiger partial charge in [0.05, 0.1) is 7.11 Å². The van der Waals surface area contributed by atoms with Gasteiger partial charge in [-0.15, -0.1) is 0 Å². The molecule has 0 atom stereocenters. The summed E-state index contributed by atoms with van der Waals surface area (Å²) in [6.45, 7) is 2.07. The standard InChI is InChI=1S/C13H12ClNO2/c1-3-8-4-5-9-7-11(13(16)17-2)15-12(14)10(9)6-8/h4-7H,3H2,1-2H3. The Morgan fingerprint density at radius 2 is 2.18 bits per heavy atom. The molecule has 2 aromatic rings. The second-order valence-electron chi connectivity index (χ2n) is 3.70. The molecule has 0 amide bonds. The number of pyridine rings is 1. The fraction of sp³-hybridized carbons (Fsp3) is 0.231. The zero-order valence-corrected chi connectivity index (χ0v) is 10.4. The maximum Gasteiger partial charge on any atom is 0.356 e. The van der Waals surface area contributed by atoms with Gasteiger partial charge in [-0.3, -0.25) is 0 Å². The quantitative estimate of drug-likeness (QED) is 0.606. The van der Waals surface area contributed by atoms with Crippen molar-refractivity contribution >= 4 is 28.3 Å². The van der Waals surface area contributed by atoms with Crippen LogP contribution in [0.3, 0.4) is 0 Å². The lowest BCUT2D eigenvalue weighted by molar-refractivity contribution is 0.0594. The van der Waals surface area contributed by atoms with Gasteiger partial charge < -0.3 is 4.74 Å².